The third-order valence-corrected chi connectivity index (χ3v) is 7.81. The molecule has 9 nitrogen and oxygen atoms in total. The number of H-pyrrole nitrogens is 1. The molecule has 10 heteroatoms. The van der Waals surface area contributed by atoms with Gasteiger partial charge in [-0.2, -0.15) is 0 Å². The first-order valence-corrected chi connectivity index (χ1v) is 14.4. The molecule has 4 amide bonds. The molecule has 1 saturated heterocycles. The third-order valence-electron chi connectivity index (χ3n) is 7.81. The van der Waals surface area contributed by atoms with Gasteiger partial charge in [0.25, 0.3) is 5.91 Å². The minimum absolute atomic E-state index is 0.207. The molecular formula is C33H37FN6O3. The number of hydrogen-bond acceptors (Lipinski definition) is 4. The average Bonchev–Trinajstić information content (AvgIpc) is 3.44. The molecule has 1 fully saturated rings. The monoisotopic (exact) mass is 584 g/mol. The number of aromatic nitrogens is 1. The predicted octanol–water partition coefficient (Wildman–Crippen LogP) is 4.65. The number of carbonyl (C=O) groups is 3. The van der Waals surface area contributed by atoms with Gasteiger partial charge in [-0.05, 0) is 67.7 Å². The summed E-state index contributed by atoms with van der Waals surface area (Å²) < 4.78 is 13.3. The zero-order chi connectivity index (χ0) is 30.5. The van der Waals surface area contributed by atoms with Gasteiger partial charge >= 0.3 is 6.03 Å². The van der Waals surface area contributed by atoms with Crippen molar-refractivity contribution in [2.75, 3.05) is 45.6 Å². The minimum atomic E-state index is -0.872. The van der Waals surface area contributed by atoms with Crippen LogP contribution in [0, 0.1) is 5.82 Å². The fraction of sp³-hybridized carbons (Fsp3) is 0.303. The van der Waals surface area contributed by atoms with Crippen LogP contribution in [0.15, 0.2) is 79.0 Å². The Morgan fingerprint density at radius 1 is 0.930 bits per heavy atom. The van der Waals surface area contributed by atoms with Gasteiger partial charge in [-0.15, -0.1) is 0 Å². The van der Waals surface area contributed by atoms with Crippen molar-refractivity contribution in [3.63, 3.8) is 0 Å². The summed E-state index contributed by atoms with van der Waals surface area (Å²) in [6.07, 6.45) is 1.89. The van der Waals surface area contributed by atoms with E-state index in [1.807, 2.05) is 75.7 Å². The molecule has 0 saturated carbocycles. The molecule has 5 rings (SSSR count). The summed E-state index contributed by atoms with van der Waals surface area (Å²) in [5.41, 5.74) is 3.99. The van der Waals surface area contributed by atoms with E-state index in [9.17, 15) is 18.8 Å². The second-order valence-electron chi connectivity index (χ2n) is 11.2. The van der Waals surface area contributed by atoms with Crippen LogP contribution in [-0.2, 0) is 11.3 Å². The number of para-hydroxylation sites is 1. The first kappa shape index (κ1) is 29.8. The smallest absolute Gasteiger partial charge is 0.318 e. The van der Waals surface area contributed by atoms with Crippen molar-refractivity contribution in [3.05, 3.63) is 102 Å². The molecule has 1 aromatic heterocycles. The standard InChI is InChI=1S/C33H37FN6O3/c1-22(28-20-35-29-10-5-4-9-27(28)29)30(31(41)36-26-8-6-7-23(19-26)21-38(2)3)37-33(43)40-17-15-39(16-18-40)32(42)24-11-13-25(34)14-12-24/h4-14,19-20,22,30,35H,15-18,21H2,1-3H3,(H,36,41)(H,37,43)/t22-,30+/m0/s1. The number of urea groups is 1. The molecule has 0 spiro atoms. The number of halogens is 1. The molecule has 0 aliphatic carbocycles. The molecule has 0 bridgehead atoms. The Labute approximate surface area is 250 Å². The highest BCUT2D eigenvalue weighted by Crippen LogP contribution is 2.29. The maximum absolute atomic E-state index is 13.8. The molecule has 1 aliphatic rings. The van der Waals surface area contributed by atoms with Crippen LogP contribution in [0.5, 0.6) is 0 Å². The van der Waals surface area contributed by atoms with E-state index in [-0.39, 0.29) is 23.8 Å². The summed E-state index contributed by atoms with van der Waals surface area (Å²) >= 11 is 0. The summed E-state index contributed by atoms with van der Waals surface area (Å²) in [7, 11) is 3.97. The van der Waals surface area contributed by atoms with E-state index in [1.54, 1.807) is 9.80 Å². The maximum atomic E-state index is 13.8. The number of benzene rings is 3. The van der Waals surface area contributed by atoms with E-state index in [1.165, 1.54) is 24.3 Å². The molecule has 3 N–H and O–H groups in total. The van der Waals surface area contributed by atoms with Gasteiger partial charge in [-0.25, -0.2) is 9.18 Å². The van der Waals surface area contributed by atoms with Crippen LogP contribution in [0.25, 0.3) is 10.9 Å². The Morgan fingerprint density at radius 2 is 1.63 bits per heavy atom. The molecule has 224 valence electrons. The van der Waals surface area contributed by atoms with Gasteiger partial charge < -0.3 is 30.3 Å². The maximum Gasteiger partial charge on any atom is 0.318 e. The average molecular weight is 585 g/mol. The number of amides is 4. The molecule has 2 atom stereocenters. The van der Waals surface area contributed by atoms with Gasteiger partial charge in [0.2, 0.25) is 5.91 Å². The van der Waals surface area contributed by atoms with Crippen LogP contribution >= 0.6 is 0 Å². The number of piperazine rings is 1. The fourth-order valence-corrected chi connectivity index (χ4v) is 5.51. The number of nitrogens with zero attached hydrogens (tertiary/aromatic N) is 3. The number of fused-ring (bicyclic) bond motifs is 1. The molecule has 0 radical (unpaired) electrons. The van der Waals surface area contributed by atoms with E-state index in [0.29, 0.717) is 37.4 Å². The van der Waals surface area contributed by atoms with Crippen molar-refractivity contribution >= 4 is 34.4 Å². The van der Waals surface area contributed by atoms with E-state index >= 15 is 0 Å². The second kappa shape index (κ2) is 13.1. The quantitative estimate of drug-likeness (QED) is 0.281. The molecular weight excluding hydrogens is 547 g/mol. The molecule has 3 aromatic carbocycles. The highest BCUT2D eigenvalue weighted by molar-refractivity contribution is 5.98. The number of carbonyl (C=O) groups excluding carboxylic acids is 3. The van der Waals surface area contributed by atoms with E-state index in [2.05, 4.69) is 20.5 Å². The van der Waals surface area contributed by atoms with Crippen molar-refractivity contribution in [1.82, 2.24) is 25.0 Å². The lowest BCUT2D eigenvalue weighted by molar-refractivity contribution is -0.118. The van der Waals surface area contributed by atoms with Crippen molar-refractivity contribution in [2.24, 2.45) is 0 Å². The van der Waals surface area contributed by atoms with E-state index in [0.717, 1.165) is 28.6 Å². The summed E-state index contributed by atoms with van der Waals surface area (Å²) in [5.74, 6) is -1.29. The van der Waals surface area contributed by atoms with Crippen molar-refractivity contribution in [2.45, 2.75) is 25.4 Å². The number of nitrogens with one attached hydrogen (secondary N) is 3. The minimum Gasteiger partial charge on any atom is -0.361 e. The van der Waals surface area contributed by atoms with Gasteiger partial charge in [-0.3, -0.25) is 9.59 Å². The lowest BCUT2D eigenvalue weighted by Crippen LogP contribution is -2.57. The van der Waals surface area contributed by atoms with Crippen LogP contribution in [0.1, 0.15) is 34.3 Å². The zero-order valence-electron chi connectivity index (χ0n) is 24.6. The summed E-state index contributed by atoms with van der Waals surface area (Å²) in [6, 6.07) is 19.7. The Morgan fingerprint density at radius 3 is 2.35 bits per heavy atom. The highest BCUT2D eigenvalue weighted by Gasteiger charge is 2.33. The lowest BCUT2D eigenvalue weighted by atomic mass is 9.92. The normalized spacial score (nSPS) is 14.9. The van der Waals surface area contributed by atoms with Gasteiger partial charge in [0.15, 0.2) is 0 Å². The molecule has 1 aliphatic heterocycles. The topological polar surface area (TPSA) is 101 Å². The summed E-state index contributed by atoms with van der Waals surface area (Å²) in [5, 5.41) is 7.00. The highest BCUT2D eigenvalue weighted by atomic mass is 19.1. The Kier molecular flexibility index (Phi) is 9.06. The van der Waals surface area contributed by atoms with Crippen molar-refractivity contribution in [3.8, 4) is 0 Å². The second-order valence-corrected chi connectivity index (χ2v) is 11.2. The molecule has 43 heavy (non-hydrogen) atoms. The molecule has 0 unspecified atom stereocenters. The SMILES string of the molecule is C[C@@H](c1c[nH]c2ccccc12)[C@@H](NC(=O)N1CCN(C(=O)c2ccc(F)cc2)CC1)C(=O)Nc1cccc(CN(C)C)c1. The Hall–Kier alpha value is -4.70. The van der Waals surface area contributed by atoms with Gasteiger partial charge in [0, 0.05) is 67.0 Å². The van der Waals surface area contributed by atoms with E-state index < -0.39 is 11.9 Å². The van der Waals surface area contributed by atoms with Crippen LogP contribution < -0.4 is 10.6 Å². The summed E-state index contributed by atoms with van der Waals surface area (Å²) in [6.45, 7) is 3.93. The number of anilines is 1. The molecule has 2 heterocycles. The van der Waals surface area contributed by atoms with Crippen LogP contribution in [0.4, 0.5) is 14.9 Å². The van der Waals surface area contributed by atoms with Crippen LogP contribution in [0.2, 0.25) is 0 Å². The van der Waals surface area contributed by atoms with Crippen LogP contribution in [-0.4, -0.2) is 83.8 Å². The first-order valence-electron chi connectivity index (χ1n) is 14.4. The first-order chi connectivity index (χ1) is 20.7. The van der Waals surface area contributed by atoms with Crippen molar-refractivity contribution in [1.29, 1.82) is 0 Å². The number of aromatic amines is 1. The Balaban J connectivity index is 1.31. The predicted molar refractivity (Wildman–Crippen MR) is 165 cm³/mol. The van der Waals surface area contributed by atoms with Gasteiger partial charge in [-0.1, -0.05) is 37.3 Å². The lowest BCUT2D eigenvalue weighted by Gasteiger charge is -2.36. The van der Waals surface area contributed by atoms with E-state index in [4.69, 9.17) is 0 Å². The fourth-order valence-electron chi connectivity index (χ4n) is 5.51. The number of hydrogen-bond donors (Lipinski definition) is 3. The zero-order valence-corrected chi connectivity index (χ0v) is 24.6. The van der Waals surface area contributed by atoms with Gasteiger partial charge in [0.1, 0.15) is 11.9 Å². The summed E-state index contributed by atoms with van der Waals surface area (Å²) in [4.78, 5) is 48.8. The Bertz CT molecular complexity index is 1590. The van der Waals surface area contributed by atoms with Crippen molar-refractivity contribution < 1.29 is 18.8 Å². The number of rotatable bonds is 8. The van der Waals surface area contributed by atoms with Crippen LogP contribution in [0.3, 0.4) is 0 Å². The molecule has 4 aromatic rings. The third kappa shape index (κ3) is 7.03. The van der Waals surface area contributed by atoms with Gasteiger partial charge in [0.05, 0.1) is 0 Å². The largest absolute Gasteiger partial charge is 0.361 e.